The molecule has 0 bridgehead atoms. The van der Waals surface area contributed by atoms with E-state index in [1.807, 2.05) is 0 Å². The Bertz CT molecular complexity index is 218. The largest absolute Gasteiger partial charge is 0.379 e. The average molecular weight is 242 g/mol. The zero-order chi connectivity index (χ0) is 12.9. The van der Waals surface area contributed by atoms with E-state index in [1.54, 1.807) is 7.11 Å². The van der Waals surface area contributed by atoms with Crippen LogP contribution in [0.25, 0.3) is 0 Å². The fourth-order valence-electron chi connectivity index (χ4n) is 2.70. The van der Waals surface area contributed by atoms with Gasteiger partial charge in [0.15, 0.2) is 0 Å². The highest BCUT2D eigenvalue weighted by molar-refractivity contribution is 4.78. The standard InChI is InChI=1S/C14H30N2O/c1-12(9-14(2,3)17-5)15-10-13-7-6-8-16(4)11-13/h12-13,15H,6-11H2,1-5H3. The number of piperidine rings is 1. The number of rotatable bonds is 6. The monoisotopic (exact) mass is 242 g/mol. The molecule has 1 fully saturated rings. The molecule has 1 rings (SSSR count). The van der Waals surface area contributed by atoms with Gasteiger partial charge in [-0.05, 0) is 66.1 Å². The lowest BCUT2D eigenvalue weighted by Gasteiger charge is -2.32. The topological polar surface area (TPSA) is 24.5 Å². The van der Waals surface area contributed by atoms with Crippen molar-refractivity contribution in [3.8, 4) is 0 Å². The Morgan fingerprint density at radius 1 is 1.47 bits per heavy atom. The molecule has 0 aromatic rings. The minimum Gasteiger partial charge on any atom is -0.379 e. The van der Waals surface area contributed by atoms with Crippen LogP contribution in [0.15, 0.2) is 0 Å². The summed E-state index contributed by atoms with van der Waals surface area (Å²) in [7, 11) is 4.02. The van der Waals surface area contributed by atoms with Crippen LogP contribution < -0.4 is 5.32 Å². The van der Waals surface area contributed by atoms with Crippen molar-refractivity contribution < 1.29 is 4.74 Å². The molecule has 1 aliphatic heterocycles. The molecule has 102 valence electrons. The number of hydrogen-bond acceptors (Lipinski definition) is 3. The number of nitrogens with zero attached hydrogens (tertiary/aromatic N) is 1. The molecule has 1 heterocycles. The summed E-state index contributed by atoms with van der Waals surface area (Å²) in [6.07, 6.45) is 3.78. The van der Waals surface area contributed by atoms with Crippen molar-refractivity contribution >= 4 is 0 Å². The Balaban J connectivity index is 2.21. The minimum atomic E-state index is -0.0181. The minimum absolute atomic E-state index is 0.0181. The molecule has 1 N–H and O–H groups in total. The van der Waals surface area contributed by atoms with Gasteiger partial charge >= 0.3 is 0 Å². The lowest BCUT2D eigenvalue weighted by molar-refractivity contribution is 0.00806. The number of likely N-dealkylation sites (tertiary alicyclic amines) is 1. The molecule has 17 heavy (non-hydrogen) atoms. The average Bonchev–Trinajstić information content (AvgIpc) is 2.26. The van der Waals surface area contributed by atoms with E-state index in [4.69, 9.17) is 4.74 Å². The summed E-state index contributed by atoms with van der Waals surface area (Å²) in [5.41, 5.74) is -0.0181. The van der Waals surface area contributed by atoms with Crippen molar-refractivity contribution in [3.05, 3.63) is 0 Å². The summed E-state index contributed by atoms with van der Waals surface area (Å²) in [6, 6.07) is 0.525. The summed E-state index contributed by atoms with van der Waals surface area (Å²) in [4.78, 5) is 2.44. The quantitative estimate of drug-likeness (QED) is 0.772. The molecule has 2 unspecified atom stereocenters. The third-order valence-corrected chi connectivity index (χ3v) is 3.83. The molecule has 0 amide bonds. The Labute approximate surface area is 107 Å². The highest BCUT2D eigenvalue weighted by Crippen LogP contribution is 2.17. The molecule has 1 saturated heterocycles. The molecule has 0 spiro atoms. The van der Waals surface area contributed by atoms with Crippen LogP contribution in [0.4, 0.5) is 0 Å². The van der Waals surface area contributed by atoms with Crippen LogP contribution in [0.3, 0.4) is 0 Å². The normalized spacial score (nSPS) is 24.9. The van der Waals surface area contributed by atoms with E-state index < -0.39 is 0 Å². The first-order valence-electron chi connectivity index (χ1n) is 6.90. The van der Waals surface area contributed by atoms with E-state index >= 15 is 0 Å². The van der Waals surface area contributed by atoms with Crippen molar-refractivity contribution in [2.75, 3.05) is 33.8 Å². The van der Waals surface area contributed by atoms with Crippen molar-refractivity contribution in [2.24, 2.45) is 5.92 Å². The van der Waals surface area contributed by atoms with Crippen molar-refractivity contribution in [1.82, 2.24) is 10.2 Å². The van der Waals surface area contributed by atoms with E-state index in [-0.39, 0.29) is 5.60 Å². The van der Waals surface area contributed by atoms with Crippen LogP contribution in [0.1, 0.15) is 40.0 Å². The second-order valence-electron chi connectivity index (χ2n) is 6.25. The maximum Gasteiger partial charge on any atom is 0.0637 e. The second kappa shape index (κ2) is 6.72. The maximum absolute atomic E-state index is 5.47. The SMILES string of the molecule is COC(C)(C)CC(C)NCC1CCCN(C)C1. The predicted molar refractivity (Wildman–Crippen MR) is 73.4 cm³/mol. The fourth-order valence-corrected chi connectivity index (χ4v) is 2.70. The summed E-state index contributed by atoms with van der Waals surface area (Å²) in [5, 5.41) is 3.66. The predicted octanol–water partition coefficient (Wildman–Crippen LogP) is 2.12. The number of ether oxygens (including phenoxy) is 1. The van der Waals surface area contributed by atoms with Crippen molar-refractivity contribution in [1.29, 1.82) is 0 Å². The number of nitrogens with one attached hydrogen (secondary N) is 1. The van der Waals surface area contributed by atoms with Gasteiger partial charge in [0, 0.05) is 19.7 Å². The zero-order valence-corrected chi connectivity index (χ0v) is 12.3. The van der Waals surface area contributed by atoms with Crippen molar-refractivity contribution in [3.63, 3.8) is 0 Å². The second-order valence-corrected chi connectivity index (χ2v) is 6.25. The zero-order valence-electron chi connectivity index (χ0n) is 12.3. The summed E-state index contributed by atoms with van der Waals surface area (Å²) in [5.74, 6) is 0.821. The van der Waals surface area contributed by atoms with Gasteiger partial charge in [0.2, 0.25) is 0 Å². The van der Waals surface area contributed by atoms with E-state index in [0.717, 1.165) is 18.9 Å². The fraction of sp³-hybridized carbons (Fsp3) is 1.00. The van der Waals surface area contributed by atoms with Gasteiger partial charge in [0.1, 0.15) is 0 Å². The highest BCUT2D eigenvalue weighted by Gasteiger charge is 2.22. The molecule has 0 aliphatic carbocycles. The summed E-state index contributed by atoms with van der Waals surface area (Å²) >= 11 is 0. The van der Waals surface area contributed by atoms with Gasteiger partial charge in [-0.15, -0.1) is 0 Å². The Hall–Kier alpha value is -0.120. The summed E-state index contributed by atoms with van der Waals surface area (Å²) in [6.45, 7) is 10.2. The van der Waals surface area contributed by atoms with Crippen LogP contribution in [0.5, 0.6) is 0 Å². The first-order chi connectivity index (χ1) is 7.93. The van der Waals surface area contributed by atoms with Crippen LogP contribution in [-0.4, -0.2) is 50.3 Å². The molecule has 3 heteroatoms. The smallest absolute Gasteiger partial charge is 0.0637 e. The number of methoxy groups -OCH3 is 1. The highest BCUT2D eigenvalue weighted by atomic mass is 16.5. The molecule has 0 saturated carbocycles. The van der Waals surface area contributed by atoms with Gasteiger partial charge in [-0.1, -0.05) is 0 Å². The first-order valence-corrected chi connectivity index (χ1v) is 6.90. The van der Waals surface area contributed by atoms with Gasteiger partial charge in [-0.2, -0.15) is 0 Å². The van der Waals surface area contributed by atoms with Gasteiger partial charge in [0.05, 0.1) is 5.60 Å². The van der Waals surface area contributed by atoms with E-state index in [0.29, 0.717) is 6.04 Å². The Kier molecular flexibility index (Phi) is 5.90. The van der Waals surface area contributed by atoms with Gasteiger partial charge < -0.3 is 15.0 Å². The first kappa shape index (κ1) is 14.9. The molecule has 0 aromatic heterocycles. The van der Waals surface area contributed by atoms with Crippen LogP contribution in [-0.2, 0) is 4.74 Å². The van der Waals surface area contributed by atoms with Gasteiger partial charge in [0.25, 0.3) is 0 Å². The Morgan fingerprint density at radius 2 is 2.18 bits per heavy atom. The molecule has 3 nitrogen and oxygen atoms in total. The molecule has 0 radical (unpaired) electrons. The molecule has 1 aliphatic rings. The lowest BCUT2D eigenvalue weighted by Crippen LogP contribution is -2.42. The Morgan fingerprint density at radius 3 is 2.76 bits per heavy atom. The van der Waals surface area contributed by atoms with Gasteiger partial charge in [-0.25, -0.2) is 0 Å². The number of hydrogen-bond donors (Lipinski definition) is 1. The molecular weight excluding hydrogens is 212 g/mol. The third kappa shape index (κ3) is 5.84. The third-order valence-electron chi connectivity index (χ3n) is 3.83. The van der Waals surface area contributed by atoms with E-state index in [1.165, 1.54) is 25.9 Å². The van der Waals surface area contributed by atoms with Crippen LogP contribution >= 0.6 is 0 Å². The summed E-state index contributed by atoms with van der Waals surface area (Å²) < 4.78 is 5.47. The molecule has 2 atom stereocenters. The lowest BCUT2D eigenvalue weighted by atomic mass is 9.96. The van der Waals surface area contributed by atoms with Crippen LogP contribution in [0.2, 0.25) is 0 Å². The molecular formula is C14H30N2O. The van der Waals surface area contributed by atoms with E-state index in [9.17, 15) is 0 Å². The molecule has 0 aromatic carbocycles. The van der Waals surface area contributed by atoms with Crippen molar-refractivity contribution in [2.45, 2.75) is 51.7 Å². The van der Waals surface area contributed by atoms with Gasteiger partial charge in [-0.3, -0.25) is 0 Å². The maximum atomic E-state index is 5.47. The van der Waals surface area contributed by atoms with E-state index in [2.05, 4.69) is 38.0 Å². The van der Waals surface area contributed by atoms with Crippen LogP contribution in [0, 0.1) is 5.92 Å².